The monoisotopic (exact) mass is 283 g/mol. The average molecular weight is 283 g/mol. The number of carbonyl (C=O) groups is 1. The number of nitrogens with zero attached hydrogens (tertiary/aromatic N) is 1. The molecule has 0 aliphatic rings. The van der Waals surface area contributed by atoms with Gasteiger partial charge in [-0.05, 0) is 42.8 Å². The molecule has 4 heteroatoms. The van der Waals surface area contributed by atoms with Gasteiger partial charge in [0.15, 0.2) is 5.78 Å². The molecule has 0 N–H and O–H groups in total. The fourth-order valence-electron chi connectivity index (χ4n) is 1.88. The molecule has 0 aromatic heterocycles. The van der Waals surface area contributed by atoms with Gasteiger partial charge in [0.25, 0.3) is 0 Å². The Morgan fingerprint density at radius 1 is 1.14 bits per heavy atom. The number of carbonyl (C=O) groups excluding carboxylic acids is 1. The van der Waals surface area contributed by atoms with Crippen LogP contribution in [0, 0.1) is 17.1 Å². The van der Waals surface area contributed by atoms with Crippen LogP contribution < -0.4 is 4.74 Å². The second kappa shape index (κ2) is 7.20. The highest BCUT2D eigenvalue weighted by atomic mass is 19.1. The molecule has 0 saturated heterocycles. The van der Waals surface area contributed by atoms with Crippen LogP contribution in [-0.4, -0.2) is 12.4 Å². The number of ketones is 1. The van der Waals surface area contributed by atoms with Crippen LogP contribution in [0.5, 0.6) is 5.75 Å². The molecule has 2 aromatic carbocycles. The first kappa shape index (κ1) is 14.7. The molecular formula is C17H14FNO2. The van der Waals surface area contributed by atoms with E-state index in [-0.39, 0.29) is 11.6 Å². The highest BCUT2D eigenvalue weighted by molar-refractivity contribution is 5.95. The molecular weight excluding hydrogens is 269 g/mol. The smallest absolute Gasteiger partial charge is 0.163 e. The summed E-state index contributed by atoms with van der Waals surface area (Å²) in [5, 5.41) is 8.92. The average Bonchev–Trinajstić information content (AvgIpc) is 2.52. The molecule has 0 radical (unpaired) electrons. The zero-order chi connectivity index (χ0) is 15.1. The van der Waals surface area contributed by atoms with Crippen molar-refractivity contribution in [3.63, 3.8) is 0 Å². The fourth-order valence-corrected chi connectivity index (χ4v) is 1.88. The maximum Gasteiger partial charge on any atom is 0.163 e. The van der Waals surface area contributed by atoms with Gasteiger partial charge in [-0.2, -0.15) is 5.26 Å². The van der Waals surface area contributed by atoms with Gasteiger partial charge in [-0.3, -0.25) is 4.79 Å². The summed E-state index contributed by atoms with van der Waals surface area (Å²) in [7, 11) is 0. The standard InChI is InChI=1S/C17H14FNO2/c18-15-9-7-13(8-10-15)16(20)5-3-11-21-17-6-2-1-4-14(17)12-19/h1-2,4,6-10H,3,5,11H2. The Kier molecular flexibility index (Phi) is 5.05. The first-order chi connectivity index (χ1) is 10.2. The van der Waals surface area contributed by atoms with Gasteiger partial charge in [0, 0.05) is 12.0 Å². The van der Waals surface area contributed by atoms with E-state index in [9.17, 15) is 9.18 Å². The lowest BCUT2D eigenvalue weighted by Crippen LogP contribution is -2.04. The second-order valence-corrected chi connectivity index (χ2v) is 4.49. The quantitative estimate of drug-likeness (QED) is 0.599. The Morgan fingerprint density at radius 2 is 1.86 bits per heavy atom. The largest absolute Gasteiger partial charge is 0.492 e. The van der Waals surface area contributed by atoms with E-state index in [2.05, 4.69) is 0 Å². The van der Waals surface area contributed by atoms with Crippen LogP contribution in [0.1, 0.15) is 28.8 Å². The van der Waals surface area contributed by atoms with Gasteiger partial charge in [-0.1, -0.05) is 12.1 Å². The number of hydrogen-bond donors (Lipinski definition) is 0. The van der Waals surface area contributed by atoms with Gasteiger partial charge >= 0.3 is 0 Å². The van der Waals surface area contributed by atoms with Gasteiger partial charge in [0.1, 0.15) is 17.6 Å². The van der Waals surface area contributed by atoms with Crippen LogP contribution in [0.15, 0.2) is 48.5 Å². The summed E-state index contributed by atoms with van der Waals surface area (Å²) in [6, 6.07) is 14.5. The Balaban J connectivity index is 1.81. The maximum absolute atomic E-state index is 12.8. The predicted octanol–water partition coefficient (Wildman–Crippen LogP) is 3.74. The number of Topliss-reactive ketones (excluding diaryl/α,β-unsaturated/α-hetero) is 1. The van der Waals surface area contributed by atoms with Crippen LogP contribution in [0.25, 0.3) is 0 Å². The number of halogens is 1. The SMILES string of the molecule is N#Cc1ccccc1OCCCC(=O)c1ccc(F)cc1. The van der Waals surface area contributed by atoms with Crippen molar-refractivity contribution in [2.45, 2.75) is 12.8 Å². The summed E-state index contributed by atoms with van der Waals surface area (Å²) in [5.74, 6) is 0.115. The number of ether oxygens (including phenoxy) is 1. The number of hydrogen-bond acceptors (Lipinski definition) is 3. The Morgan fingerprint density at radius 3 is 2.57 bits per heavy atom. The van der Waals surface area contributed by atoms with Crippen molar-refractivity contribution in [1.82, 2.24) is 0 Å². The minimum absolute atomic E-state index is 0.0489. The number of benzene rings is 2. The highest BCUT2D eigenvalue weighted by Crippen LogP contribution is 2.17. The third kappa shape index (κ3) is 4.15. The zero-order valence-corrected chi connectivity index (χ0v) is 11.4. The molecule has 0 aliphatic carbocycles. The maximum atomic E-state index is 12.8. The lowest BCUT2D eigenvalue weighted by Gasteiger charge is -2.07. The van der Waals surface area contributed by atoms with Crippen molar-refractivity contribution in [1.29, 1.82) is 5.26 Å². The van der Waals surface area contributed by atoms with Gasteiger partial charge in [-0.15, -0.1) is 0 Å². The van der Waals surface area contributed by atoms with Crippen molar-refractivity contribution in [2.24, 2.45) is 0 Å². The zero-order valence-electron chi connectivity index (χ0n) is 11.4. The molecule has 0 bridgehead atoms. The minimum Gasteiger partial charge on any atom is -0.492 e. The first-order valence-electron chi connectivity index (χ1n) is 6.61. The van der Waals surface area contributed by atoms with E-state index < -0.39 is 0 Å². The van der Waals surface area contributed by atoms with E-state index in [1.807, 2.05) is 6.07 Å². The van der Waals surface area contributed by atoms with Crippen molar-refractivity contribution in [2.75, 3.05) is 6.61 Å². The molecule has 2 rings (SSSR count). The summed E-state index contributed by atoms with van der Waals surface area (Å²) in [4.78, 5) is 11.9. The molecule has 0 spiro atoms. The molecule has 2 aromatic rings. The van der Waals surface area contributed by atoms with E-state index in [4.69, 9.17) is 10.00 Å². The molecule has 21 heavy (non-hydrogen) atoms. The van der Waals surface area contributed by atoms with Crippen molar-refractivity contribution < 1.29 is 13.9 Å². The van der Waals surface area contributed by atoms with Crippen molar-refractivity contribution in [3.05, 3.63) is 65.5 Å². The molecule has 0 amide bonds. The summed E-state index contributed by atoms with van der Waals surface area (Å²) >= 11 is 0. The number of para-hydroxylation sites is 1. The van der Waals surface area contributed by atoms with E-state index in [1.165, 1.54) is 24.3 Å². The molecule has 0 heterocycles. The Hall–Kier alpha value is -2.67. The topological polar surface area (TPSA) is 50.1 Å². The molecule has 106 valence electrons. The second-order valence-electron chi connectivity index (χ2n) is 4.49. The van der Waals surface area contributed by atoms with Crippen LogP contribution in [0.3, 0.4) is 0 Å². The lowest BCUT2D eigenvalue weighted by molar-refractivity contribution is 0.0973. The number of nitriles is 1. The van der Waals surface area contributed by atoms with Crippen molar-refractivity contribution in [3.8, 4) is 11.8 Å². The van der Waals surface area contributed by atoms with Gasteiger partial charge in [0.05, 0.1) is 12.2 Å². The van der Waals surface area contributed by atoms with Gasteiger partial charge in [0.2, 0.25) is 0 Å². The van der Waals surface area contributed by atoms with Gasteiger partial charge < -0.3 is 4.74 Å². The molecule has 0 fully saturated rings. The van der Waals surface area contributed by atoms with Gasteiger partial charge in [-0.25, -0.2) is 4.39 Å². The Bertz CT molecular complexity index is 659. The van der Waals surface area contributed by atoms with E-state index in [0.717, 1.165) is 0 Å². The normalized spacial score (nSPS) is 9.90. The molecule has 0 aliphatic heterocycles. The van der Waals surface area contributed by atoms with E-state index >= 15 is 0 Å². The summed E-state index contributed by atoms with van der Waals surface area (Å²) in [5.41, 5.74) is 0.969. The summed E-state index contributed by atoms with van der Waals surface area (Å²) in [6.45, 7) is 0.353. The van der Waals surface area contributed by atoms with Crippen LogP contribution in [0.4, 0.5) is 4.39 Å². The Labute approximate surface area is 122 Å². The predicted molar refractivity (Wildman–Crippen MR) is 76.6 cm³/mol. The van der Waals surface area contributed by atoms with Crippen molar-refractivity contribution >= 4 is 5.78 Å². The lowest BCUT2D eigenvalue weighted by atomic mass is 10.1. The van der Waals surface area contributed by atoms with E-state index in [1.54, 1.807) is 24.3 Å². The van der Waals surface area contributed by atoms with Crippen LogP contribution in [-0.2, 0) is 0 Å². The molecule has 3 nitrogen and oxygen atoms in total. The third-order valence-corrected chi connectivity index (χ3v) is 2.98. The molecule has 0 atom stereocenters. The fraction of sp³-hybridized carbons (Fsp3) is 0.176. The molecule has 0 saturated carbocycles. The first-order valence-corrected chi connectivity index (χ1v) is 6.61. The minimum atomic E-state index is -0.358. The number of rotatable bonds is 6. The van der Waals surface area contributed by atoms with Crippen LogP contribution >= 0.6 is 0 Å². The summed E-state index contributed by atoms with van der Waals surface area (Å²) in [6.07, 6.45) is 0.857. The van der Waals surface area contributed by atoms with Crippen LogP contribution in [0.2, 0.25) is 0 Å². The third-order valence-electron chi connectivity index (χ3n) is 2.98. The molecule has 0 unspecified atom stereocenters. The highest BCUT2D eigenvalue weighted by Gasteiger charge is 2.06. The van der Waals surface area contributed by atoms with E-state index in [0.29, 0.717) is 36.3 Å². The summed E-state index contributed by atoms with van der Waals surface area (Å²) < 4.78 is 18.3.